The van der Waals surface area contributed by atoms with Gasteiger partial charge in [0.05, 0.1) is 16.8 Å². The molecule has 2 aromatic carbocycles. The second kappa shape index (κ2) is 4.53. The van der Waals surface area contributed by atoms with Crippen molar-refractivity contribution in [3.8, 4) is 0 Å². The molecule has 5 heteroatoms. The summed E-state index contributed by atoms with van der Waals surface area (Å²) in [5.74, 6) is -0.932. The molecule has 1 aliphatic heterocycles. The minimum atomic E-state index is -0.484. The minimum Gasteiger partial charge on any atom is -0.460 e. The molecule has 2 aromatic rings. The van der Waals surface area contributed by atoms with Crippen LogP contribution in [-0.2, 0) is 4.74 Å². The maximum absolute atomic E-state index is 12.8. The Hall–Kier alpha value is -2.95. The molecule has 0 bridgehead atoms. The SMILES string of the molecule is O=C1OCCNc2c1ccc1c2C(=O)c2ccccc2C1=O. The van der Waals surface area contributed by atoms with Crippen LogP contribution in [0.3, 0.4) is 0 Å². The number of nitrogens with one attached hydrogen (secondary N) is 1. The molecule has 0 spiro atoms. The van der Waals surface area contributed by atoms with E-state index in [1.54, 1.807) is 24.3 Å². The van der Waals surface area contributed by atoms with Crippen LogP contribution in [0.1, 0.15) is 42.2 Å². The molecule has 0 atom stereocenters. The zero-order chi connectivity index (χ0) is 15.3. The third-order valence-electron chi connectivity index (χ3n) is 3.95. The third kappa shape index (κ3) is 1.62. The fourth-order valence-electron chi connectivity index (χ4n) is 2.94. The van der Waals surface area contributed by atoms with Gasteiger partial charge in [-0.25, -0.2) is 4.79 Å². The third-order valence-corrected chi connectivity index (χ3v) is 3.95. The molecular formula is C17H11NO4. The van der Waals surface area contributed by atoms with Gasteiger partial charge < -0.3 is 10.1 Å². The fourth-order valence-corrected chi connectivity index (χ4v) is 2.94. The van der Waals surface area contributed by atoms with E-state index in [9.17, 15) is 14.4 Å². The van der Waals surface area contributed by atoms with Gasteiger partial charge in [0.15, 0.2) is 11.6 Å². The van der Waals surface area contributed by atoms with Crippen LogP contribution in [0.2, 0.25) is 0 Å². The Labute approximate surface area is 125 Å². The lowest BCUT2D eigenvalue weighted by molar-refractivity contribution is 0.0529. The summed E-state index contributed by atoms with van der Waals surface area (Å²) in [7, 11) is 0. The molecule has 2 aliphatic rings. The van der Waals surface area contributed by atoms with E-state index in [1.165, 1.54) is 12.1 Å². The van der Waals surface area contributed by atoms with Gasteiger partial charge in [-0.2, -0.15) is 0 Å². The number of carbonyl (C=O) groups is 3. The molecule has 1 N–H and O–H groups in total. The molecule has 0 unspecified atom stereocenters. The van der Waals surface area contributed by atoms with Crippen molar-refractivity contribution in [2.24, 2.45) is 0 Å². The summed E-state index contributed by atoms with van der Waals surface area (Å²) in [5, 5.41) is 3.05. The number of ether oxygens (including phenoxy) is 1. The number of esters is 1. The number of rotatable bonds is 0. The molecule has 22 heavy (non-hydrogen) atoms. The number of cyclic esters (lactones) is 1. The molecule has 0 saturated carbocycles. The Morgan fingerprint density at radius 2 is 1.50 bits per heavy atom. The van der Waals surface area contributed by atoms with Crippen LogP contribution in [0, 0.1) is 0 Å². The van der Waals surface area contributed by atoms with Gasteiger partial charge in [-0.3, -0.25) is 9.59 Å². The summed E-state index contributed by atoms with van der Waals surface area (Å²) in [4.78, 5) is 37.4. The quantitative estimate of drug-likeness (QED) is 0.642. The highest BCUT2D eigenvalue weighted by Gasteiger charge is 2.34. The van der Waals surface area contributed by atoms with Crippen molar-refractivity contribution >= 4 is 23.2 Å². The van der Waals surface area contributed by atoms with Crippen LogP contribution >= 0.6 is 0 Å². The molecule has 0 saturated heterocycles. The van der Waals surface area contributed by atoms with Gasteiger partial charge in [0.1, 0.15) is 6.61 Å². The van der Waals surface area contributed by atoms with Crippen molar-refractivity contribution < 1.29 is 19.1 Å². The summed E-state index contributed by atoms with van der Waals surface area (Å²) in [5.41, 5.74) is 2.04. The van der Waals surface area contributed by atoms with Crippen LogP contribution in [-0.4, -0.2) is 30.7 Å². The van der Waals surface area contributed by atoms with E-state index in [1.807, 2.05) is 0 Å². The van der Waals surface area contributed by atoms with E-state index in [0.717, 1.165) is 0 Å². The lowest BCUT2D eigenvalue weighted by Crippen LogP contribution is -2.23. The number of fused-ring (bicyclic) bond motifs is 4. The largest absolute Gasteiger partial charge is 0.460 e. The predicted molar refractivity (Wildman–Crippen MR) is 78.5 cm³/mol. The zero-order valence-electron chi connectivity index (χ0n) is 11.5. The highest BCUT2D eigenvalue weighted by atomic mass is 16.5. The van der Waals surface area contributed by atoms with Gasteiger partial charge in [0, 0.05) is 23.2 Å². The van der Waals surface area contributed by atoms with Gasteiger partial charge >= 0.3 is 5.97 Å². The zero-order valence-corrected chi connectivity index (χ0v) is 11.5. The summed E-state index contributed by atoms with van der Waals surface area (Å²) < 4.78 is 5.05. The molecule has 0 aromatic heterocycles. The first-order valence-corrected chi connectivity index (χ1v) is 6.95. The van der Waals surface area contributed by atoms with Crippen molar-refractivity contribution in [1.82, 2.24) is 0 Å². The van der Waals surface area contributed by atoms with Crippen LogP contribution in [0.5, 0.6) is 0 Å². The molecule has 5 nitrogen and oxygen atoms in total. The number of hydrogen-bond donors (Lipinski definition) is 1. The molecule has 0 radical (unpaired) electrons. The van der Waals surface area contributed by atoms with Crippen molar-refractivity contribution in [2.45, 2.75) is 0 Å². The van der Waals surface area contributed by atoms with Gasteiger partial charge in [-0.05, 0) is 12.1 Å². The normalized spacial score (nSPS) is 15.9. The Morgan fingerprint density at radius 3 is 2.27 bits per heavy atom. The lowest BCUT2D eigenvalue weighted by atomic mass is 9.82. The van der Waals surface area contributed by atoms with Crippen molar-refractivity contribution in [2.75, 3.05) is 18.5 Å². The van der Waals surface area contributed by atoms with Crippen molar-refractivity contribution in [3.63, 3.8) is 0 Å². The maximum Gasteiger partial charge on any atom is 0.340 e. The van der Waals surface area contributed by atoms with Crippen molar-refractivity contribution in [3.05, 3.63) is 64.2 Å². The summed E-state index contributed by atoms with van der Waals surface area (Å²) in [6, 6.07) is 9.79. The first-order valence-electron chi connectivity index (χ1n) is 6.95. The van der Waals surface area contributed by atoms with E-state index in [0.29, 0.717) is 28.9 Å². The van der Waals surface area contributed by atoms with Gasteiger partial charge in [-0.15, -0.1) is 0 Å². The summed E-state index contributed by atoms with van der Waals surface area (Å²) in [6.07, 6.45) is 0. The molecule has 0 amide bonds. The second-order valence-corrected chi connectivity index (χ2v) is 5.18. The molecule has 0 fully saturated rings. The van der Waals surface area contributed by atoms with Crippen LogP contribution in [0.4, 0.5) is 5.69 Å². The topological polar surface area (TPSA) is 72.5 Å². The summed E-state index contributed by atoms with van der Waals surface area (Å²) >= 11 is 0. The monoisotopic (exact) mass is 293 g/mol. The molecular weight excluding hydrogens is 282 g/mol. The Morgan fingerprint density at radius 1 is 0.818 bits per heavy atom. The fraction of sp³-hybridized carbons (Fsp3) is 0.118. The number of carbonyl (C=O) groups excluding carboxylic acids is 3. The molecule has 1 aliphatic carbocycles. The van der Waals surface area contributed by atoms with Crippen LogP contribution in [0.15, 0.2) is 36.4 Å². The highest BCUT2D eigenvalue weighted by Crippen LogP contribution is 2.35. The number of hydrogen-bond acceptors (Lipinski definition) is 5. The summed E-state index contributed by atoms with van der Waals surface area (Å²) in [6.45, 7) is 0.624. The van der Waals surface area contributed by atoms with Crippen molar-refractivity contribution in [1.29, 1.82) is 0 Å². The average molecular weight is 293 g/mol. The van der Waals surface area contributed by atoms with Crippen LogP contribution < -0.4 is 5.32 Å². The molecule has 1 heterocycles. The number of ketones is 2. The first kappa shape index (κ1) is 12.8. The van der Waals surface area contributed by atoms with Gasteiger partial charge in [0.2, 0.25) is 0 Å². The average Bonchev–Trinajstić information content (AvgIpc) is 2.74. The van der Waals surface area contributed by atoms with E-state index in [-0.39, 0.29) is 29.3 Å². The van der Waals surface area contributed by atoms with Crippen LogP contribution in [0.25, 0.3) is 0 Å². The number of anilines is 1. The predicted octanol–water partition coefficient (Wildman–Crippen LogP) is 2.04. The van der Waals surface area contributed by atoms with E-state index in [2.05, 4.69) is 5.32 Å². The number of benzene rings is 2. The second-order valence-electron chi connectivity index (χ2n) is 5.18. The molecule has 4 rings (SSSR count). The standard InChI is InChI=1S/C17H11NO4/c19-15-9-3-1-2-4-10(9)16(20)13-11(15)5-6-12-14(13)18-7-8-22-17(12)21/h1-6,18H,7-8H2. The Balaban J connectivity index is 2.02. The van der Waals surface area contributed by atoms with E-state index < -0.39 is 5.97 Å². The maximum atomic E-state index is 12.8. The Kier molecular flexibility index (Phi) is 2.63. The van der Waals surface area contributed by atoms with Gasteiger partial charge in [-0.1, -0.05) is 24.3 Å². The minimum absolute atomic E-state index is 0.201. The highest BCUT2D eigenvalue weighted by molar-refractivity contribution is 6.31. The van der Waals surface area contributed by atoms with E-state index in [4.69, 9.17) is 4.74 Å². The smallest absolute Gasteiger partial charge is 0.340 e. The Bertz CT molecular complexity index is 854. The first-order chi connectivity index (χ1) is 10.7. The van der Waals surface area contributed by atoms with E-state index >= 15 is 0 Å². The van der Waals surface area contributed by atoms with Gasteiger partial charge in [0.25, 0.3) is 0 Å². The lowest BCUT2D eigenvalue weighted by Gasteiger charge is -2.21. The molecule has 108 valence electrons.